The van der Waals surface area contributed by atoms with Crippen LogP contribution in [-0.2, 0) is 0 Å². The average Bonchev–Trinajstić information content (AvgIpc) is 2.50. The van der Waals surface area contributed by atoms with E-state index in [4.69, 9.17) is 11.6 Å². The Labute approximate surface area is 138 Å². The molecule has 0 saturated heterocycles. The van der Waals surface area contributed by atoms with E-state index in [9.17, 15) is 0 Å². The molecule has 0 radical (unpaired) electrons. The highest BCUT2D eigenvalue weighted by Gasteiger charge is 2.17. The molecular formula is C19H16BrCl. The lowest BCUT2D eigenvalue weighted by Gasteiger charge is -2.17. The fourth-order valence-electron chi connectivity index (χ4n) is 2.76. The topological polar surface area (TPSA) is 0 Å². The monoisotopic (exact) mass is 358 g/mol. The van der Waals surface area contributed by atoms with Crippen LogP contribution in [0, 0.1) is 13.8 Å². The van der Waals surface area contributed by atoms with E-state index >= 15 is 0 Å². The van der Waals surface area contributed by atoms with Gasteiger partial charge in [-0.1, -0.05) is 64.5 Å². The van der Waals surface area contributed by atoms with Crippen molar-refractivity contribution in [2.45, 2.75) is 19.2 Å². The van der Waals surface area contributed by atoms with Crippen molar-refractivity contribution >= 4 is 38.3 Å². The second-order valence-corrected chi connectivity index (χ2v) is 6.62. The van der Waals surface area contributed by atoms with E-state index in [1.807, 2.05) is 6.07 Å². The summed E-state index contributed by atoms with van der Waals surface area (Å²) in [5.74, 6) is 0. The van der Waals surface area contributed by atoms with Crippen molar-refractivity contribution < 1.29 is 0 Å². The van der Waals surface area contributed by atoms with E-state index in [0.29, 0.717) is 0 Å². The summed E-state index contributed by atoms with van der Waals surface area (Å²) in [6, 6.07) is 19.0. The minimum Gasteiger partial charge on any atom is -0.113 e. The van der Waals surface area contributed by atoms with Gasteiger partial charge in [-0.25, -0.2) is 0 Å². The summed E-state index contributed by atoms with van der Waals surface area (Å²) in [5.41, 5.74) is 4.80. The molecule has 2 heteroatoms. The molecule has 0 heterocycles. The Kier molecular flexibility index (Phi) is 4.05. The van der Waals surface area contributed by atoms with Crippen molar-refractivity contribution in [1.29, 1.82) is 0 Å². The van der Waals surface area contributed by atoms with Gasteiger partial charge in [0.05, 0.1) is 5.38 Å². The van der Waals surface area contributed by atoms with E-state index in [1.165, 1.54) is 27.5 Å². The Bertz CT molecular complexity index is 808. The predicted molar refractivity (Wildman–Crippen MR) is 95.3 cm³/mol. The molecule has 3 aromatic rings. The van der Waals surface area contributed by atoms with Gasteiger partial charge < -0.3 is 0 Å². The van der Waals surface area contributed by atoms with Gasteiger partial charge in [-0.3, -0.25) is 0 Å². The molecular weight excluding hydrogens is 344 g/mol. The average molecular weight is 360 g/mol. The van der Waals surface area contributed by atoms with Gasteiger partial charge in [-0.05, 0) is 52.9 Å². The molecule has 3 rings (SSSR count). The largest absolute Gasteiger partial charge is 0.113 e. The van der Waals surface area contributed by atoms with E-state index < -0.39 is 0 Å². The van der Waals surface area contributed by atoms with Crippen molar-refractivity contribution in [2.24, 2.45) is 0 Å². The predicted octanol–water partition coefficient (Wildman–Crippen LogP) is 6.55. The van der Waals surface area contributed by atoms with Gasteiger partial charge in [0.15, 0.2) is 0 Å². The lowest BCUT2D eigenvalue weighted by atomic mass is 9.94. The molecule has 3 aromatic carbocycles. The molecule has 21 heavy (non-hydrogen) atoms. The second kappa shape index (κ2) is 5.82. The minimum absolute atomic E-state index is 0.145. The van der Waals surface area contributed by atoms with Gasteiger partial charge in [0, 0.05) is 4.47 Å². The Balaban J connectivity index is 2.21. The van der Waals surface area contributed by atoms with Crippen LogP contribution in [0.5, 0.6) is 0 Å². The van der Waals surface area contributed by atoms with E-state index in [1.54, 1.807) is 0 Å². The molecule has 1 atom stereocenters. The fraction of sp³-hybridized carbons (Fsp3) is 0.158. The lowest BCUT2D eigenvalue weighted by Crippen LogP contribution is -1.98. The summed E-state index contributed by atoms with van der Waals surface area (Å²) < 4.78 is 1.10. The Hall–Kier alpha value is -1.31. The quantitative estimate of drug-likeness (QED) is 0.455. The maximum absolute atomic E-state index is 6.82. The molecule has 0 amide bonds. The first-order valence-electron chi connectivity index (χ1n) is 6.97. The maximum Gasteiger partial charge on any atom is 0.0844 e. The zero-order chi connectivity index (χ0) is 15.0. The molecule has 0 aliphatic heterocycles. The molecule has 0 aromatic heterocycles. The van der Waals surface area contributed by atoms with Gasteiger partial charge in [0.2, 0.25) is 0 Å². The normalized spacial score (nSPS) is 12.6. The lowest BCUT2D eigenvalue weighted by molar-refractivity contribution is 1.12. The highest BCUT2D eigenvalue weighted by Crippen LogP contribution is 2.37. The van der Waals surface area contributed by atoms with Gasteiger partial charge in [0.25, 0.3) is 0 Å². The van der Waals surface area contributed by atoms with Gasteiger partial charge in [-0.2, -0.15) is 0 Å². The smallest absolute Gasteiger partial charge is 0.0844 e. The number of alkyl halides is 1. The zero-order valence-electron chi connectivity index (χ0n) is 12.0. The first kappa shape index (κ1) is 14.6. The highest BCUT2D eigenvalue weighted by molar-refractivity contribution is 9.10. The number of halogens is 2. The van der Waals surface area contributed by atoms with Crippen LogP contribution in [0.1, 0.15) is 27.6 Å². The van der Waals surface area contributed by atoms with E-state index in [0.717, 1.165) is 10.0 Å². The number of fused-ring (bicyclic) bond motifs is 1. The Morgan fingerprint density at radius 2 is 1.52 bits per heavy atom. The molecule has 0 bridgehead atoms. The SMILES string of the molecule is Cc1c(Br)cccc1C(Cl)c1ccc(C)c2ccccc12. The number of hydrogen-bond acceptors (Lipinski definition) is 0. The third-order valence-electron chi connectivity index (χ3n) is 4.03. The number of benzene rings is 3. The Morgan fingerprint density at radius 3 is 2.29 bits per heavy atom. The van der Waals surface area contributed by atoms with Gasteiger partial charge in [0.1, 0.15) is 0 Å². The number of aryl methyl sites for hydroxylation is 1. The minimum atomic E-state index is -0.145. The summed E-state index contributed by atoms with van der Waals surface area (Å²) in [6.07, 6.45) is 0. The fourth-order valence-corrected chi connectivity index (χ4v) is 3.57. The molecule has 0 aliphatic carbocycles. The van der Waals surface area contributed by atoms with Crippen LogP contribution >= 0.6 is 27.5 Å². The molecule has 0 fully saturated rings. The summed E-state index contributed by atoms with van der Waals surface area (Å²) in [5, 5.41) is 2.36. The molecule has 0 N–H and O–H groups in total. The van der Waals surface area contributed by atoms with E-state index in [2.05, 4.69) is 78.3 Å². The van der Waals surface area contributed by atoms with Crippen LogP contribution in [0.4, 0.5) is 0 Å². The van der Waals surface area contributed by atoms with Crippen LogP contribution in [0.2, 0.25) is 0 Å². The molecule has 0 saturated carbocycles. The van der Waals surface area contributed by atoms with E-state index in [-0.39, 0.29) is 5.38 Å². The van der Waals surface area contributed by atoms with Gasteiger partial charge in [-0.15, -0.1) is 11.6 Å². The van der Waals surface area contributed by atoms with Crippen LogP contribution in [-0.4, -0.2) is 0 Å². The third kappa shape index (κ3) is 2.61. The third-order valence-corrected chi connectivity index (χ3v) is 5.36. The summed E-state index contributed by atoms with van der Waals surface area (Å²) in [4.78, 5) is 0. The van der Waals surface area contributed by atoms with Crippen molar-refractivity contribution in [2.75, 3.05) is 0 Å². The van der Waals surface area contributed by atoms with Crippen molar-refractivity contribution in [3.05, 3.63) is 81.3 Å². The van der Waals surface area contributed by atoms with Crippen LogP contribution in [0.3, 0.4) is 0 Å². The molecule has 0 nitrogen and oxygen atoms in total. The van der Waals surface area contributed by atoms with Crippen molar-refractivity contribution in [3.8, 4) is 0 Å². The summed E-state index contributed by atoms with van der Waals surface area (Å²) in [7, 11) is 0. The standard InChI is InChI=1S/C19H16BrCl/c1-12-10-11-17(16-7-4-3-6-14(12)16)19(21)15-8-5-9-18(20)13(15)2/h3-11,19H,1-2H3. The van der Waals surface area contributed by atoms with Crippen LogP contribution in [0.15, 0.2) is 59.1 Å². The highest BCUT2D eigenvalue weighted by atomic mass is 79.9. The molecule has 0 spiro atoms. The van der Waals surface area contributed by atoms with Crippen LogP contribution < -0.4 is 0 Å². The zero-order valence-corrected chi connectivity index (χ0v) is 14.4. The first-order valence-corrected chi connectivity index (χ1v) is 8.20. The maximum atomic E-state index is 6.82. The van der Waals surface area contributed by atoms with Gasteiger partial charge >= 0.3 is 0 Å². The summed E-state index contributed by atoms with van der Waals surface area (Å²) >= 11 is 10.4. The second-order valence-electron chi connectivity index (χ2n) is 5.33. The van der Waals surface area contributed by atoms with Crippen molar-refractivity contribution in [1.82, 2.24) is 0 Å². The van der Waals surface area contributed by atoms with Crippen LogP contribution in [0.25, 0.3) is 10.8 Å². The summed E-state index contributed by atoms with van der Waals surface area (Å²) in [6.45, 7) is 4.24. The molecule has 1 unspecified atom stereocenters. The molecule has 106 valence electrons. The van der Waals surface area contributed by atoms with Crippen molar-refractivity contribution in [3.63, 3.8) is 0 Å². The molecule has 0 aliphatic rings. The number of hydrogen-bond donors (Lipinski definition) is 0. The first-order chi connectivity index (χ1) is 10.1. The number of rotatable bonds is 2. The Morgan fingerprint density at radius 1 is 0.810 bits per heavy atom.